The number of aromatic nitrogens is 3. The fourth-order valence-corrected chi connectivity index (χ4v) is 2.81. The summed E-state index contributed by atoms with van der Waals surface area (Å²) in [6.07, 6.45) is 4.70. The molecule has 1 aromatic heterocycles. The standard InChI is InChI=1S/C18H35N7O3/c1-18(2,13-26)25-17-23-15(20-8-10-28-12-11-27-9-7-19)22-16(24-17)21-14-5-3-4-6-14/h14,26H,3-13,19H2,1-2H3,(H3,20,21,22,23,24,25). The predicted molar refractivity (Wildman–Crippen MR) is 110 cm³/mol. The van der Waals surface area contributed by atoms with Crippen molar-refractivity contribution >= 4 is 17.8 Å². The Hall–Kier alpha value is -1.75. The Kier molecular flexibility index (Phi) is 9.62. The van der Waals surface area contributed by atoms with E-state index in [2.05, 4.69) is 30.9 Å². The lowest BCUT2D eigenvalue weighted by Crippen LogP contribution is -2.36. The highest BCUT2D eigenvalue weighted by Crippen LogP contribution is 2.22. The normalized spacial score (nSPS) is 15.0. The van der Waals surface area contributed by atoms with Gasteiger partial charge in [-0.05, 0) is 26.7 Å². The van der Waals surface area contributed by atoms with Gasteiger partial charge in [0.15, 0.2) is 0 Å². The number of aliphatic hydroxyl groups excluding tert-OH is 1. The number of nitrogens with one attached hydrogen (secondary N) is 3. The third-order valence-corrected chi connectivity index (χ3v) is 4.33. The quantitative estimate of drug-likeness (QED) is 0.287. The maximum atomic E-state index is 9.50. The first-order chi connectivity index (χ1) is 13.5. The molecule has 0 unspecified atom stereocenters. The van der Waals surface area contributed by atoms with Crippen molar-refractivity contribution in [3.8, 4) is 0 Å². The molecule has 160 valence electrons. The average Bonchev–Trinajstić information content (AvgIpc) is 3.16. The summed E-state index contributed by atoms with van der Waals surface area (Å²) in [5, 5.41) is 19.2. The molecule has 0 atom stereocenters. The van der Waals surface area contributed by atoms with Crippen LogP contribution in [0.3, 0.4) is 0 Å². The zero-order valence-corrected chi connectivity index (χ0v) is 17.0. The van der Waals surface area contributed by atoms with Gasteiger partial charge in [-0.2, -0.15) is 15.0 Å². The van der Waals surface area contributed by atoms with Gasteiger partial charge in [0.05, 0.1) is 38.6 Å². The Labute approximate surface area is 167 Å². The van der Waals surface area contributed by atoms with Crippen LogP contribution in [0.1, 0.15) is 39.5 Å². The van der Waals surface area contributed by atoms with Crippen molar-refractivity contribution in [1.82, 2.24) is 15.0 Å². The molecule has 0 aliphatic heterocycles. The van der Waals surface area contributed by atoms with Gasteiger partial charge < -0.3 is 36.3 Å². The van der Waals surface area contributed by atoms with E-state index in [1.807, 2.05) is 13.8 Å². The van der Waals surface area contributed by atoms with Gasteiger partial charge in [-0.3, -0.25) is 0 Å². The van der Waals surface area contributed by atoms with Crippen molar-refractivity contribution in [1.29, 1.82) is 0 Å². The lowest BCUT2D eigenvalue weighted by atomic mass is 10.1. The summed E-state index contributed by atoms with van der Waals surface area (Å²) < 4.78 is 10.8. The summed E-state index contributed by atoms with van der Waals surface area (Å²) in [7, 11) is 0. The summed E-state index contributed by atoms with van der Waals surface area (Å²) >= 11 is 0. The van der Waals surface area contributed by atoms with Crippen LogP contribution in [0.5, 0.6) is 0 Å². The first kappa shape index (κ1) is 22.5. The van der Waals surface area contributed by atoms with Crippen LogP contribution in [0.4, 0.5) is 17.8 Å². The number of nitrogens with two attached hydrogens (primary N) is 1. The van der Waals surface area contributed by atoms with Crippen LogP contribution < -0.4 is 21.7 Å². The monoisotopic (exact) mass is 397 g/mol. The molecule has 0 amide bonds. The number of hydrogen-bond acceptors (Lipinski definition) is 10. The largest absolute Gasteiger partial charge is 0.394 e. The van der Waals surface area contributed by atoms with Crippen molar-refractivity contribution in [3.63, 3.8) is 0 Å². The number of hydrogen-bond donors (Lipinski definition) is 5. The molecule has 1 heterocycles. The van der Waals surface area contributed by atoms with E-state index in [1.54, 1.807) is 0 Å². The first-order valence-electron chi connectivity index (χ1n) is 10.0. The number of aliphatic hydroxyl groups is 1. The minimum Gasteiger partial charge on any atom is -0.394 e. The lowest BCUT2D eigenvalue weighted by Gasteiger charge is -2.24. The minimum atomic E-state index is -0.532. The molecular formula is C18H35N7O3. The SMILES string of the molecule is CC(C)(CO)Nc1nc(NCCOCCOCCN)nc(NC2CCCC2)n1. The molecule has 1 fully saturated rings. The fraction of sp³-hybridized carbons (Fsp3) is 0.833. The summed E-state index contributed by atoms with van der Waals surface area (Å²) in [6.45, 7) is 6.91. The van der Waals surface area contributed by atoms with Gasteiger partial charge in [-0.1, -0.05) is 12.8 Å². The van der Waals surface area contributed by atoms with Crippen LogP contribution in [0.25, 0.3) is 0 Å². The van der Waals surface area contributed by atoms with E-state index in [9.17, 15) is 5.11 Å². The Morgan fingerprint density at radius 3 is 2.32 bits per heavy atom. The molecule has 1 aliphatic carbocycles. The van der Waals surface area contributed by atoms with Crippen LogP contribution in [-0.4, -0.2) is 77.8 Å². The minimum absolute atomic E-state index is 0.0348. The van der Waals surface area contributed by atoms with Gasteiger partial charge >= 0.3 is 0 Å². The topological polar surface area (TPSA) is 139 Å². The van der Waals surface area contributed by atoms with E-state index in [4.69, 9.17) is 15.2 Å². The number of rotatable bonds is 14. The van der Waals surface area contributed by atoms with Crippen LogP contribution in [0.2, 0.25) is 0 Å². The van der Waals surface area contributed by atoms with E-state index >= 15 is 0 Å². The summed E-state index contributed by atoms with van der Waals surface area (Å²) in [4.78, 5) is 13.3. The van der Waals surface area contributed by atoms with Crippen molar-refractivity contribution in [2.45, 2.75) is 51.1 Å². The lowest BCUT2D eigenvalue weighted by molar-refractivity contribution is 0.0547. The van der Waals surface area contributed by atoms with Crippen molar-refractivity contribution in [2.24, 2.45) is 5.73 Å². The van der Waals surface area contributed by atoms with Crippen LogP contribution >= 0.6 is 0 Å². The second kappa shape index (κ2) is 11.9. The van der Waals surface area contributed by atoms with E-state index in [-0.39, 0.29) is 6.61 Å². The molecule has 6 N–H and O–H groups in total. The molecule has 0 bridgehead atoms. The molecule has 0 aromatic carbocycles. The van der Waals surface area contributed by atoms with E-state index in [1.165, 1.54) is 12.8 Å². The Balaban J connectivity index is 1.89. The second-order valence-electron chi connectivity index (χ2n) is 7.54. The first-order valence-corrected chi connectivity index (χ1v) is 10.0. The molecule has 2 rings (SSSR count). The van der Waals surface area contributed by atoms with Gasteiger partial charge in [0.25, 0.3) is 0 Å². The molecule has 0 spiro atoms. The summed E-state index contributed by atoms with van der Waals surface area (Å²) in [5.41, 5.74) is 4.83. The fourth-order valence-electron chi connectivity index (χ4n) is 2.81. The Morgan fingerprint density at radius 1 is 1.00 bits per heavy atom. The van der Waals surface area contributed by atoms with Crippen molar-refractivity contribution in [3.05, 3.63) is 0 Å². The van der Waals surface area contributed by atoms with Gasteiger partial charge in [-0.15, -0.1) is 0 Å². The van der Waals surface area contributed by atoms with Crippen molar-refractivity contribution < 1.29 is 14.6 Å². The van der Waals surface area contributed by atoms with E-state index < -0.39 is 5.54 Å². The summed E-state index contributed by atoms with van der Waals surface area (Å²) in [5.74, 6) is 1.43. The maximum Gasteiger partial charge on any atom is 0.229 e. The molecular weight excluding hydrogens is 362 g/mol. The molecule has 0 radical (unpaired) electrons. The third kappa shape index (κ3) is 8.51. The molecule has 1 aromatic rings. The van der Waals surface area contributed by atoms with Gasteiger partial charge in [0, 0.05) is 19.1 Å². The van der Waals surface area contributed by atoms with E-state index in [0.717, 1.165) is 12.8 Å². The number of ether oxygens (including phenoxy) is 2. The van der Waals surface area contributed by atoms with Gasteiger partial charge in [-0.25, -0.2) is 0 Å². The number of nitrogens with zero attached hydrogens (tertiary/aromatic N) is 3. The Bertz CT molecular complexity index is 568. The average molecular weight is 398 g/mol. The maximum absolute atomic E-state index is 9.50. The second-order valence-corrected chi connectivity index (χ2v) is 7.54. The smallest absolute Gasteiger partial charge is 0.229 e. The zero-order chi connectivity index (χ0) is 20.2. The Morgan fingerprint density at radius 2 is 1.64 bits per heavy atom. The highest BCUT2D eigenvalue weighted by atomic mass is 16.5. The van der Waals surface area contributed by atoms with Crippen molar-refractivity contribution in [2.75, 3.05) is 62.1 Å². The highest BCUT2D eigenvalue weighted by Gasteiger charge is 2.20. The molecule has 10 nitrogen and oxygen atoms in total. The zero-order valence-electron chi connectivity index (χ0n) is 17.0. The highest BCUT2D eigenvalue weighted by molar-refractivity contribution is 5.43. The predicted octanol–water partition coefficient (Wildman–Crippen LogP) is 0.813. The van der Waals surface area contributed by atoms with Gasteiger partial charge in [0.2, 0.25) is 17.8 Å². The van der Waals surface area contributed by atoms with Crippen LogP contribution in [0, 0.1) is 0 Å². The molecule has 0 saturated heterocycles. The van der Waals surface area contributed by atoms with Gasteiger partial charge in [0.1, 0.15) is 0 Å². The van der Waals surface area contributed by atoms with Crippen LogP contribution in [0.15, 0.2) is 0 Å². The molecule has 1 saturated carbocycles. The summed E-state index contributed by atoms with van der Waals surface area (Å²) in [6, 6.07) is 0.394. The number of anilines is 3. The molecule has 28 heavy (non-hydrogen) atoms. The van der Waals surface area contributed by atoms with Crippen LogP contribution in [-0.2, 0) is 9.47 Å². The van der Waals surface area contributed by atoms with E-state index in [0.29, 0.717) is 63.4 Å². The molecule has 10 heteroatoms. The third-order valence-electron chi connectivity index (χ3n) is 4.33. The molecule has 1 aliphatic rings.